The zero-order valence-electron chi connectivity index (χ0n) is 18.2. The van der Waals surface area contributed by atoms with E-state index >= 15 is 0 Å². The number of nitrogens with zero attached hydrogens (tertiary/aromatic N) is 1. The maximum atomic E-state index is 11.5. The quantitative estimate of drug-likeness (QED) is 0.334. The van der Waals surface area contributed by atoms with Crippen molar-refractivity contribution in [1.29, 1.82) is 0 Å². The van der Waals surface area contributed by atoms with Crippen molar-refractivity contribution in [3.8, 4) is 0 Å². The van der Waals surface area contributed by atoms with Gasteiger partial charge in [-0.1, -0.05) is 133 Å². The SMILES string of the molecule is O[C@@H](c1ccccc1)[C@@H](/C=C/c1ccccc1)N(Cc1ccccc1)Cc1ccccc1. The van der Waals surface area contributed by atoms with Crippen LogP contribution in [0.5, 0.6) is 0 Å². The van der Waals surface area contributed by atoms with E-state index in [2.05, 4.69) is 77.7 Å². The fraction of sp³-hybridized carbons (Fsp3) is 0.133. The summed E-state index contributed by atoms with van der Waals surface area (Å²) in [5, 5.41) is 11.5. The molecule has 4 rings (SSSR count). The maximum Gasteiger partial charge on any atom is 0.0981 e. The lowest BCUT2D eigenvalue weighted by molar-refractivity contribution is 0.0642. The number of hydrogen-bond acceptors (Lipinski definition) is 2. The van der Waals surface area contributed by atoms with Crippen LogP contribution in [0.25, 0.3) is 6.08 Å². The van der Waals surface area contributed by atoms with E-state index in [-0.39, 0.29) is 6.04 Å². The predicted molar refractivity (Wildman–Crippen MR) is 133 cm³/mol. The summed E-state index contributed by atoms with van der Waals surface area (Å²) in [6, 6.07) is 40.9. The van der Waals surface area contributed by atoms with Crippen molar-refractivity contribution in [3.05, 3.63) is 150 Å². The zero-order chi connectivity index (χ0) is 22.0. The van der Waals surface area contributed by atoms with E-state index in [1.165, 1.54) is 11.1 Å². The van der Waals surface area contributed by atoms with Crippen molar-refractivity contribution >= 4 is 6.08 Å². The first-order valence-electron chi connectivity index (χ1n) is 11.1. The molecule has 1 N–H and O–H groups in total. The topological polar surface area (TPSA) is 23.5 Å². The van der Waals surface area contributed by atoms with E-state index in [0.29, 0.717) is 0 Å². The van der Waals surface area contributed by atoms with Crippen LogP contribution in [0.15, 0.2) is 127 Å². The van der Waals surface area contributed by atoms with Crippen molar-refractivity contribution in [1.82, 2.24) is 4.90 Å². The highest BCUT2D eigenvalue weighted by molar-refractivity contribution is 5.50. The molecule has 0 unspecified atom stereocenters. The normalized spacial score (nSPS) is 13.3. The molecule has 0 radical (unpaired) electrons. The average Bonchev–Trinajstić information content (AvgIpc) is 2.86. The molecule has 160 valence electrons. The molecule has 4 aromatic carbocycles. The Morgan fingerprint density at radius 3 is 1.53 bits per heavy atom. The Morgan fingerprint density at radius 1 is 0.594 bits per heavy atom. The van der Waals surface area contributed by atoms with E-state index < -0.39 is 6.10 Å². The Kier molecular flexibility index (Phi) is 7.64. The summed E-state index contributed by atoms with van der Waals surface area (Å²) in [6.45, 7) is 1.48. The van der Waals surface area contributed by atoms with Gasteiger partial charge in [-0.05, 0) is 22.3 Å². The molecule has 0 aliphatic rings. The molecule has 0 saturated heterocycles. The summed E-state index contributed by atoms with van der Waals surface area (Å²) in [6.07, 6.45) is 3.60. The second-order valence-electron chi connectivity index (χ2n) is 7.99. The van der Waals surface area contributed by atoms with E-state index in [0.717, 1.165) is 24.2 Å². The molecular weight excluding hydrogens is 390 g/mol. The molecular formula is C30H29NO. The number of rotatable bonds is 9. The van der Waals surface area contributed by atoms with Crippen LogP contribution < -0.4 is 0 Å². The van der Waals surface area contributed by atoms with E-state index in [9.17, 15) is 5.11 Å². The van der Waals surface area contributed by atoms with Crippen LogP contribution in [0.4, 0.5) is 0 Å². The summed E-state index contributed by atoms with van der Waals surface area (Å²) in [5.74, 6) is 0. The second kappa shape index (κ2) is 11.2. The molecule has 0 aromatic heterocycles. The van der Waals surface area contributed by atoms with Gasteiger partial charge < -0.3 is 5.11 Å². The van der Waals surface area contributed by atoms with Crippen LogP contribution in [0.3, 0.4) is 0 Å². The van der Waals surface area contributed by atoms with E-state index in [1.807, 2.05) is 60.7 Å². The largest absolute Gasteiger partial charge is 0.386 e. The lowest BCUT2D eigenvalue weighted by Crippen LogP contribution is -2.37. The average molecular weight is 420 g/mol. The van der Waals surface area contributed by atoms with Crippen LogP contribution in [-0.2, 0) is 13.1 Å². The number of hydrogen-bond donors (Lipinski definition) is 1. The minimum absolute atomic E-state index is 0.196. The molecule has 0 spiro atoms. The van der Waals surface area contributed by atoms with Gasteiger partial charge in [-0.2, -0.15) is 0 Å². The van der Waals surface area contributed by atoms with Gasteiger partial charge in [0.05, 0.1) is 12.1 Å². The Hall–Kier alpha value is -3.46. The summed E-state index contributed by atoms with van der Waals surface area (Å²) in [7, 11) is 0. The first-order valence-corrected chi connectivity index (χ1v) is 11.1. The molecule has 32 heavy (non-hydrogen) atoms. The Morgan fingerprint density at radius 2 is 1.03 bits per heavy atom. The lowest BCUT2D eigenvalue weighted by atomic mass is 9.98. The minimum Gasteiger partial charge on any atom is -0.386 e. The van der Waals surface area contributed by atoms with Crippen LogP contribution in [0.2, 0.25) is 0 Å². The van der Waals surface area contributed by atoms with Crippen molar-refractivity contribution in [2.24, 2.45) is 0 Å². The highest BCUT2D eigenvalue weighted by Gasteiger charge is 2.25. The van der Waals surface area contributed by atoms with Crippen LogP contribution in [0.1, 0.15) is 28.4 Å². The summed E-state index contributed by atoms with van der Waals surface area (Å²) >= 11 is 0. The molecule has 0 aliphatic heterocycles. The molecule has 2 atom stereocenters. The first kappa shape index (κ1) is 21.8. The highest BCUT2D eigenvalue weighted by Crippen LogP contribution is 2.26. The lowest BCUT2D eigenvalue weighted by Gasteiger charge is -2.33. The standard InChI is InChI=1S/C30H29NO/c32-30(28-19-11-4-12-20-28)29(22-21-25-13-5-1-6-14-25)31(23-26-15-7-2-8-16-26)24-27-17-9-3-10-18-27/h1-22,29-30,32H,23-24H2/b22-21+/t29-,30+/m1/s1. The van der Waals surface area contributed by atoms with Gasteiger partial charge in [0.15, 0.2) is 0 Å². The molecule has 2 heteroatoms. The Bertz CT molecular complexity index is 1040. The van der Waals surface area contributed by atoms with Gasteiger partial charge in [-0.15, -0.1) is 0 Å². The molecule has 2 nitrogen and oxygen atoms in total. The number of aliphatic hydroxyl groups excluding tert-OH is 1. The van der Waals surface area contributed by atoms with E-state index in [4.69, 9.17) is 0 Å². The van der Waals surface area contributed by atoms with Crippen molar-refractivity contribution in [2.75, 3.05) is 0 Å². The number of aliphatic hydroxyl groups is 1. The smallest absolute Gasteiger partial charge is 0.0981 e. The zero-order valence-corrected chi connectivity index (χ0v) is 18.2. The van der Waals surface area contributed by atoms with Crippen molar-refractivity contribution in [3.63, 3.8) is 0 Å². The van der Waals surface area contributed by atoms with Gasteiger partial charge in [0.2, 0.25) is 0 Å². The summed E-state index contributed by atoms with van der Waals surface area (Å²) < 4.78 is 0. The monoisotopic (exact) mass is 419 g/mol. The molecule has 0 aliphatic carbocycles. The molecule has 0 fully saturated rings. The maximum absolute atomic E-state index is 11.5. The van der Waals surface area contributed by atoms with Crippen LogP contribution in [-0.4, -0.2) is 16.0 Å². The van der Waals surface area contributed by atoms with Gasteiger partial charge in [0, 0.05) is 13.1 Å². The van der Waals surface area contributed by atoms with Crippen molar-refractivity contribution < 1.29 is 5.11 Å². The fourth-order valence-electron chi connectivity index (χ4n) is 3.95. The molecule has 0 saturated carbocycles. The fourth-order valence-corrected chi connectivity index (χ4v) is 3.95. The Balaban J connectivity index is 1.70. The van der Waals surface area contributed by atoms with Gasteiger partial charge in [-0.25, -0.2) is 0 Å². The molecule has 0 heterocycles. The molecule has 4 aromatic rings. The predicted octanol–water partition coefficient (Wildman–Crippen LogP) is 6.50. The summed E-state index contributed by atoms with van der Waals surface area (Å²) in [5.41, 5.74) is 4.49. The van der Waals surface area contributed by atoms with Gasteiger partial charge in [-0.3, -0.25) is 4.90 Å². The van der Waals surface area contributed by atoms with Crippen LogP contribution in [0, 0.1) is 0 Å². The second-order valence-corrected chi connectivity index (χ2v) is 7.99. The minimum atomic E-state index is -0.649. The van der Waals surface area contributed by atoms with Gasteiger partial charge in [0.1, 0.15) is 0 Å². The summed E-state index contributed by atoms with van der Waals surface area (Å²) in [4.78, 5) is 2.35. The third-order valence-electron chi connectivity index (χ3n) is 5.63. The van der Waals surface area contributed by atoms with Gasteiger partial charge in [0.25, 0.3) is 0 Å². The third kappa shape index (κ3) is 6.04. The van der Waals surface area contributed by atoms with E-state index in [1.54, 1.807) is 0 Å². The first-order chi connectivity index (χ1) is 15.8. The number of benzene rings is 4. The molecule has 0 bridgehead atoms. The Labute approximate surface area is 191 Å². The van der Waals surface area contributed by atoms with Crippen molar-refractivity contribution in [2.45, 2.75) is 25.2 Å². The third-order valence-corrected chi connectivity index (χ3v) is 5.63. The van der Waals surface area contributed by atoms with Gasteiger partial charge >= 0.3 is 0 Å². The van der Waals surface area contributed by atoms with Crippen LogP contribution >= 0.6 is 0 Å². The molecule has 0 amide bonds. The highest BCUT2D eigenvalue weighted by atomic mass is 16.3.